The van der Waals surface area contributed by atoms with Crippen LogP contribution in [0.5, 0.6) is 0 Å². The van der Waals surface area contributed by atoms with Crippen LogP contribution in [0.1, 0.15) is 42.0 Å². The third kappa shape index (κ3) is 5.06. The highest BCUT2D eigenvalue weighted by molar-refractivity contribution is 5.36. The van der Waals surface area contributed by atoms with Gasteiger partial charge in [0.15, 0.2) is 0 Å². The Labute approximate surface area is 162 Å². The normalized spacial score (nSPS) is 12.3. The molecule has 1 aromatic heterocycles. The van der Waals surface area contributed by atoms with Crippen LogP contribution in [0, 0.1) is 13.8 Å². The number of rotatable bonds is 9. The van der Waals surface area contributed by atoms with E-state index in [0.29, 0.717) is 0 Å². The number of aryl methyl sites for hydroxylation is 1. The summed E-state index contributed by atoms with van der Waals surface area (Å²) in [7, 11) is 0. The number of nitrogens with zero attached hydrogens (tertiary/aromatic N) is 2. The van der Waals surface area contributed by atoms with Crippen LogP contribution in [0.15, 0.2) is 60.7 Å². The van der Waals surface area contributed by atoms with Gasteiger partial charge < -0.3 is 10.1 Å². The van der Waals surface area contributed by atoms with E-state index in [9.17, 15) is 0 Å². The summed E-state index contributed by atoms with van der Waals surface area (Å²) in [6, 6.07) is 20.6. The molecule has 0 fully saturated rings. The van der Waals surface area contributed by atoms with Gasteiger partial charge in [-0.3, -0.25) is 0 Å². The SMILES string of the molecule is Cc1nn(-c2ccccc2)c(C)c1CNCCCOC(C)c1ccccc1. The first-order chi connectivity index (χ1) is 13.2. The second kappa shape index (κ2) is 9.49. The van der Waals surface area contributed by atoms with Crippen molar-refractivity contribution in [1.29, 1.82) is 0 Å². The molecule has 0 spiro atoms. The van der Waals surface area contributed by atoms with Gasteiger partial charge in [-0.2, -0.15) is 5.10 Å². The minimum absolute atomic E-state index is 0.139. The number of benzene rings is 2. The van der Waals surface area contributed by atoms with Gasteiger partial charge in [0.25, 0.3) is 0 Å². The molecule has 0 saturated heterocycles. The maximum atomic E-state index is 5.93. The lowest BCUT2D eigenvalue weighted by molar-refractivity contribution is 0.0640. The van der Waals surface area contributed by atoms with E-state index in [1.54, 1.807) is 0 Å². The first kappa shape index (κ1) is 19.3. The average Bonchev–Trinajstić information content (AvgIpc) is 2.99. The summed E-state index contributed by atoms with van der Waals surface area (Å²) in [6.07, 6.45) is 1.13. The van der Waals surface area contributed by atoms with Gasteiger partial charge in [-0.25, -0.2) is 4.68 Å². The van der Waals surface area contributed by atoms with Crippen LogP contribution >= 0.6 is 0 Å². The number of hydrogen-bond acceptors (Lipinski definition) is 3. The quantitative estimate of drug-likeness (QED) is 0.558. The summed E-state index contributed by atoms with van der Waals surface area (Å²) >= 11 is 0. The van der Waals surface area contributed by atoms with E-state index >= 15 is 0 Å². The first-order valence-corrected chi connectivity index (χ1v) is 9.64. The molecule has 0 aliphatic carbocycles. The lowest BCUT2D eigenvalue weighted by Gasteiger charge is -2.13. The molecular weight excluding hydrogens is 334 g/mol. The van der Waals surface area contributed by atoms with Crippen LogP contribution in [-0.2, 0) is 11.3 Å². The fourth-order valence-corrected chi connectivity index (χ4v) is 3.24. The molecular formula is C23H29N3O. The molecule has 0 bridgehead atoms. The molecule has 1 heterocycles. The van der Waals surface area contributed by atoms with Gasteiger partial charge in [-0.05, 0) is 51.4 Å². The fraction of sp³-hybridized carbons (Fsp3) is 0.348. The predicted molar refractivity (Wildman–Crippen MR) is 110 cm³/mol. The molecule has 0 amide bonds. The van der Waals surface area contributed by atoms with Crippen molar-refractivity contribution in [2.24, 2.45) is 0 Å². The van der Waals surface area contributed by atoms with E-state index in [2.05, 4.69) is 62.5 Å². The number of nitrogens with one attached hydrogen (secondary N) is 1. The molecule has 142 valence electrons. The number of ether oxygens (including phenoxy) is 1. The second-order valence-electron chi connectivity index (χ2n) is 6.85. The summed E-state index contributed by atoms with van der Waals surface area (Å²) in [5, 5.41) is 8.23. The number of aromatic nitrogens is 2. The summed E-state index contributed by atoms with van der Waals surface area (Å²) in [6.45, 7) is 8.83. The van der Waals surface area contributed by atoms with Crippen molar-refractivity contribution in [3.8, 4) is 5.69 Å². The third-order valence-corrected chi connectivity index (χ3v) is 4.88. The molecule has 0 aliphatic rings. The molecule has 3 rings (SSSR count). The highest BCUT2D eigenvalue weighted by Gasteiger charge is 2.12. The molecule has 0 saturated carbocycles. The van der Waals surface area contributed by atoms with Crippen LogP contribution in [0.3, 0.4) is 0 Å². The molecule has 1 atom stereocenters. The topological polar surface area (TPSA) is 39.1 Å². The van der Waals surface area contributed by atoms with Crippen LogP contribution in [0.4, 0.5) is 0 Å². The van der Waals surface area contributed by atoms with E-state index in [4.69, 9.17) is 9.84 Å². The van der Waals surface area contributed by atoms with Crippen LogP contribution in [-0.4, -0.2) is 22.9 Å². The Morgan fingerprint density at radius 1 is 1.00 bits per heavy atom. The monoisotopic (exact) mass is 363 g/mol. The Balaban J connectivity index is 1.44. The van der Waals surface area contributed by atoms with Crippen molar-refractivity contribution in [2.75, 3.05) is 13.2 Å². The van der Waals surface area contributed by atoms with Crippen molar-refractivity contribution in [1.82, 2.24) is 15.1 Å². The van der Waals surface area contributed by atoms with Gasteiger partial charge in [0, 0.05) is 24.4 Å². The molecule has 1 N–H and O–H groups in total. The molecule has 27 heavy (non-hydrogen) atoms. The second-order valence-corrected chi connectivity index (χ2v) is 6.85. The molecule has 0 radical (unpaired) electrons. The zero-order valence-electron chi connectivity index (χ0n) is 16.5. The number of para-hydroxylation sites is 1. The van der Waals surface area contributed by atoms with Crippen LogP contribution < -0.4 is 5.32 Å². The van der Waals surface area contributed by atoms with Crippen LogP contribution in [0.2, 0.25) is 0 Å². The lowest BCUT2D eigenvalue weighted by Crippen LogP contribution is -2.17. The average molecular weight is 364 g/mol. The minimum Gasteiger partial charge on any atom is -0.374 e. The highest BCUT2D eigenvalue weighted by Crippen LogP contribution is 2.18. The Hall–Kier alpha value is -2.43. The lowest BCUT2D eigenvalue weighted by atomic mass is 10.1. The van der Waals surface area contributed by atoms with Gasteiger partial charge in [0.05, 0.1) is 17.5 Å². The van der Waals surface area contributed by atoms with Gasteiger partial charge in [-0.1, -0.05) is 48.5 Å². The van der Waals surface area contributed by atoms with E-state index in [1.165, 1.54) is 16.8 Å². The zero-order valence-corrected chi connectivity index (χ0v) is 16.5. The maximum Gasteiger partial charge on any atom is 0.0796 e. The van der Waals surface area contributed by atoms with Crippen molar-refractivity contribution >= 4 is 0 Å². The molecule has 2 aromatic carbocycles. The standard InChI is InChI=1S/C23H29N3O/c1-18-23(19(2)26(25-18)22-13-8-5-9-14-22)17-24-15-10-16-27-20(3)21-11-6-4-7-12-21/h4-9,11-14,20,24H,10,15-17H2,1-3H3. The van der Waals surface area contributed by atoms with E-state index in [0.717, 1.165) is 37.5 Å². The Morgan fingerprint density at radius 3 is 2.37 bits per heavy atom. The van der Waals surface area contributed by atoms with Crippen LogP contribution in [0.25, 0.3) is 5.69 Å². The third-order valence-electron chi connectivity index (χ3n) is 4.88. The Bertz CT molecular complexity index is 828. The minimum atomic E-state index is 0.139. The largest absolute Gasteiger partial charge is 0.374 e. The molecule has 4 nitrogen and oxygen atoms in total. The van der Waals surface area contributed by atoms with Crippen molar-refractivity contribution in [2.45, 2.75) is 39.8 Å². The first-order valence-electron chi connectivity index (χ1n) is 9.64. The van der Waals surface area contributed by atoms with E-state index in [-0.39, 0.29) is 6.10 Å². The van der Waals surface area contributed by atoms with Gasteiger partial charge in [0.2, 0.25) is 0 Å². The summed E-state index contributed by atoms with van der Waals surface area (Å²) in [5.74, 6) is 0. The Morgan fingerprint density at radius 2 is 1.67 bits per heavy atom. The summed E-state index contributed by atoms with van der Waals surface area (Å²) in [4.78, 5) is 0. The molecule has 4 heteroatoms. The van der Waals surface area contributed by atoms with Crippen molar-refractivity contribution in [3.05, 3.63) is 83.2 Å². The van der Waals surface area contributed by atoms with E-state index in [1.807, 2.05) is 28.9 Å². The van der Waals surface area contributed by atoms with E-state index < -0.39 is 0 Å². The van der Waals surface area contributed by atoms with Crippen molar-refractivity contribution < 1.29 is 4.74 Å². The number of hydrogen-bond donors (Lipinski definition) is 1. The Kier molecular flexibility index (Phi) is 6.80. The molecule has 1 unspecified atom stereocenters. The zero-order chi connectivity index (χ0) is 19.1. The van der Waals surface area contributed by atoms with Crippen molar-refractivity contribution in [3.63, 3.8) is 0 Å². The van der Waals surface area contributed by atoms with Gasteiger partial charge in [0.1, 0.15) is 0 Å². The summed E-state index contributed by atoms with van der Waals surface area (Å²) < 4.78 is 7.96. The molecule has 0 aliphatic heterocycles. The maximum absolute atomic E-state index is 5.93. The van der Waals surface area contributed by atoms with Gasteiger partial charge in [-0.15, -0.1) is 0 Å². The smallest absolute Gasteiger partial charge is 0.0796 e. The summed E-state index contributed by atoms with van der Waals surface area (Å²) in [5.41, 5.74) is 5.88. The molecule has 3 aromatic rings. The predicted octanol–water partition coefficient (Wildman–Crippen LogP) is 4.75. The fourth-order valence-electron chi connectivity index (χ4n) is 3.24. The highest BCUT2D eigenvalue weighted by atomic mass is 16.5. The van der Waals surface area contributed by atoms with Gasteiger partial charge >= 0.3 is 0 Å².